The summed E-state index contributed by atoms with van der Waals surface area (Å²) < 4.78 is 6.03. The first kappa shape index (κ1) is 19.0. The molecule has 144 valence electrons. The largest absolute Gasteiger partial charge is 0.474 e. The van der Waals surface area contributed by atoms with Crippen LogP contribution in [0, 0.1) is 0 Å². The van der Waals surface area contributed by atoms with Crippen molar-refractivity contribution >= 4 is 5.96 Å². The highest BCUT2D eigenvalue weighted by molar-refractivity contribution is 5.77. The van der Waals surface area contributed by atoms with Gasteiger partial charge in [0.2, 0.25) is 5.88 Å². The van der Waals surface area contributed by atoms with Crippen LogP contribution in [0.25, 0.3) is 0 Å². The van der Waals surface area contributed by atoms with Crippen LogP contribution in [0.15, 0.2) is 23.3 Å². The van der Waals surface area contributed by atoms with E-state index in [1.165, 1.54) is 38.6 Å². The monoisotopic (exact) mass is 359 g/mol. The lowest BCUT2D eigenvalue weighted by Crippen LogP contribution is -2.42. The maximum Gasteiger partial charge on any atom is 0.213 e. The summed E-state index contributed by atoms with van der Waals surface area (Å²) in [6.07, 6.45) is 10.7. The fourth-order valence-electron chi connectivity index (χ4n) is 3.96. The van der Waals surface area contributed by atoms with E-state index in [9.17, 15) is 0 Å². The van der Waals surface area contributed by atoms with Gasteiger partial charge in [-0.3, -0.25) is 4.90 Å². The predicted octanol–water partition coefficient (Wildman–Crippen LogP) is 2.68. The third kappa shape index (κ3) is 5.59. The molecule has 0 spiro atoms. The van der Waals surface area contributed by atoms with Gasteiger partial charge in [-0.15, -0.1) is 0 Å². The van der Waals surface area contributed by atoms with Crippen molar-refractivity contribution in [3.8, 4) is 5.88 Å². The van der Waals surface area contributed by atoms with Crippen LogP contribution < -0.4 is 15.8 Å². The molecule has 2 heterocycles. The Balaban J connectivity index is 1.46. The minimum atomic E-state index is 0.315. The third-order valence-electron chi connectivity index (χ3n) is 5.49. The van der Waals surface area contributed by atoms with E-state index in [0.29, 0.717) is 30.5 Å². The Kier molecular flexibility index (Phi) is 7.12. The summed E-state index contributed by atoms with van der Waals surface area (Å²) in [6, 6.07) is 4.53. The van der Waals surface area contributed by atoms with Gasteiger partial charge >= 0.3 is 0 Å². The van der Waals surface area contributed by atoms with Gasteiger partial charge in [-0.2, -0.15) is 0 Å². The fourth-order valence-corrected chi connectivity index (χ4v) is 3.96. The second-order valence-electron chi connectivity index (χ2n) is 7.39. The summed E-state index contributed by atoms with van der Waals surface area (Å²) in [5.74, 6) is 1.22. The van der Waals surface area contributed by atoms with Crippen molar-refractivity contribution < 1.29 is 4.74 Å². The Morgan fingerprint density at radius 1 is 1.31 bits per heavy atom. The van der Waals surface area contributed by atoms with Crippen molar-refractivity contribution in [2.24, 2.45) is 10.7 Å². The van der Waals surface area contributed by atoms with Crippen LogP contribution in [-0.2, 0) is 6.54 Å². The molecule has 1 saturated carbocycles. The summed E-state index contributed by atoms with van der Waals surface area (Å²) in [5, 5.41) is 3.28. The number of nitrogens with one attached hydrogen (secondary N) is 1. The summed E-state index contributed by atoms with van der Waals surface area (Å²) in [6.45, 7) is 5.93. The van der Waals surface area contributed by atoms with Crippen LogP contribution in [0.3, 0.4) is 0 Å². The first-order valence-electron chi connectivity index (χ1n) is 10.1. The predicted molar refractivity (Wildman–Crippen MR) is 105 cm³/mol. The molecule has 0 radical (unpaired) electrons. The third-order valence-corrected chi connectivity index (χ3v) is 5.49. The van der Waals surface area contributed by atoms with E-state index in [0.717, 1.165) is 31.5 Å². The lowest BCUT2D eigenvalue weighted by Gasteiger charge is -2.23. The number of nitrogens with zero attached hydrogens (tertiary/aromatic N) is 3. The highest BCUT2D eigenvalue weighted by Crippen LogP contribution is 2.22. The number of hydrogen-bond donors (Lipinski definition) is 2. The second-order valence-corrected chi connectivity index (χ2v) is 7.39. The minimum Gasteiger partial charge on any atom is -0.474 e. The van der Waals surface area contributed by atoms with E-state index < -0.39 is 0 Å². The lowest BCUT2D eigenvalue weighted by molar-refractivity contribution is 0.148. The van der Waals surface area contributed by atoms with Crippen LogP contribution in [0.4, 0.5) is 0 Å². The van der Waals surface area contributed by atoms with Gasteiger partial charge in [0.1, 0.15) is 6.10 Å². The topological polar surface area (TPSA) is 75.8 Å². The molecule has 0 amide bonds. The molecule has 2 fully saturated rings. The number of aromatic nitrogens is 1. The molecule has 1 atom stereocenters. The molecule has 1 aliphatic carbocycles. The Bertz CT molecular complexity index is 585. The Morgan fingerprint density at radius 2 is 2.15 bits per heavy atom. The fraction of sp³-hybridized carbons (Fsp3) is 0.700. The van der Waals surface area contributed by atoms with Crippen LogP contribution in [0.5, 0.6) is 5.88 Å². The highest BCUT2D eigenvalue weighted by atomic mass is 16.5. The van der Waals surface area contributed by atoms with Crippen LogP contribution in [-0.4, -0.2) is 47.6 Å². The molecule has 1 aromatic rings. The number of rotatable bonds is 7. The first-order chi connectivity index (χ1) is 12.7. The first-order valence-corrected chi connectivity index (χ1v) is 10.1. The lowest BCUT2D eigenvalue weighted by atomic mass is 9.98. The van der Waals surface area contributed by atoms with E-state index in [1.54, 1.807) is 6.20 Å². The normalized spacial score (nSPS) is 22.5. The summed E-state index contributed by atoms with van der Waals surface area (Å²) in [7, 11) is 0. The Hall–Kier alpha value is -1.82. The van der Waals surface area contributed by atoms with E-state index in [2.05, 4.69) is 27.1 Å². The van der Waals surface area contributed by atoms with E-state index in [1.807, 2.05) is 12.1 Å². The van der Waals surface area contributed by atoms with Crippen LogP contribution >= 0.6 is 0 Å². The number of pyridine rings is 1. The smallest absolute Gasteiger partial charge is 0.213 e. The van der Waals surface area contributed by atoms with Gasteiger partial charge in [0.25, 0.3) is 0 Å². The molecule has 3 N–H and O–H groups in total. The summed E-state index contributed by atoms with van der Waals surface area (Å²) in [5.41, 5.74) is 7.12. The number of ether oxygens (including phenoxy) is 1. The molecule has 1 aliphatic heterocycles. The number of likely N-dealkylation sites (tertiary alicyclic amines) is 1. The zero-order valence-electron chi connectivity index (χ0n) is 16.0. The quantitative estimate of drug-likeness (QED) is 0.578. The summed E-state index contributed by atoms with van der Waals surface area (Å²) >= 11 is 0. The number of nitrogens with two attached hydrogens (primary N) is 1. The molecule has 0 bridgehead atoms. The Morgan fingerprint density at radius 3 is 2.96 bits per heavy atom. The molecular formula is C20H33N5O. The number of aliphatic imine (C=N–C) groups is 1. The van der Waals surface area contributed by atoms with Gasteiger partial charge in [-0.1, -0.05) is 13.3 Å². The molecular weight excluding hydrogens is 326 g/mol. The van der Waals surface area contributed by atoms with Crippen molar-refractivity contribution in [1.82, 2.24) is 15.2 Å². The van der Waals surface area contributed by atoms with Crippen molar-refractivity contribution in [1.29, 1.82) is 0 Å². The van der Waals surface area contributed by atoms with Gasteiger partial charge in [0.15, 0.2) is 5.96 Å². The van der Waals surface area contributed by atoms with E-state index >= 15 is 0 Å². The van der Waals surface area contributed by atoms with Crippen molar-refractivity contribution in [3.05, 3.63) is 23.9 Å². The molecule has 26 heavy (non-hydrogen) atoms. The number of hydrogen-bond acceptors (Lipinski definition) is 4. The molecule has 3 rings (SSSR count). The van der Waals surface area contributed by atoms with Crippen LogP contribution in [0.1, 0.15) is 57.4 Å². The van der Waals surface area contributed by atoms with Gasteiger partial charge in [0.05, 0.1) is 6.54 Å². The average Bonchev–Trinajstić information content (AvgIpc) is 3.13. The molecule has 1 saturated heterocycles. The minimum absolute atomic E-state index is 0.315. The maximum absolute atomic E-state index is 6.05. The van der Waals surface area contributed by atoms with E-state index in [-0.39, 0.29) is 0 Å². The van der Waals surface area contributed by atoms with Crippen molar-refractivity contribution in [2.75, 3.05) is 19.6 Å². The molecule has 2 aliphatic rings. The maximum atomic E-state index is 6.05. The number of guanidine groups is 1. The Labute approximate surface area is 157 Å². The van der Waals surface area contributed by atoms with Gasteiger partial charge in [-0.25, -0.2) is 9.98 Å². The zero-order chi connectivity index (χ0) is 18.2. The molecule has 6 nitrogen and oxygen atoms in total. The average molecular weight is 360 g/mol. The van der Waals surface area contributed by atoms with Crippen molar-refractivity contribution in [3.63, 3.8) is 0 Å². The van der Waals surface area contributed by atoms with Gasteiger partial charge < -0.3 is 15.8 Å². The van der Waals surface area contributed by atoms with Gasteiger partial charge in [0, 0.05) is 24.8 Å². The standard InChI is InChI=1S/C20H33N5O/c1-2-25-12-6-7-17(25)15-24-20(21)23-14-16-10-11-22-19(13-16)26-18-8-4-3-5-9-18/h10-11,13,17-18H,2-9,12,14-15H2,1H3,(H3,21,23,24). The second kappa shape index (κ2) is 9.76. The van der Waals surface area contributed by atoms with Crippen molar-refractivity contribution in [2.45, 2.75) is 70.6 Å². The molecule has 0 aromatic carbocycles. The van der Waals surface area contributed by atoms with E-state index in [4.69, 9.17) is 10.5 Å². The highest BCUT2D eigenvalue weighted by Gasteiger charge is 2.22. The SMILES string of the molecule is CCN1CCCC1CNC(N)=NCc1ccnc(OC2CCCCC2)c1. The molecule has 1 aromatic heterocycles. The molecule has 6 heteroatoms. The molecule has 1 unspecified atom stereocenters. The zero-order valence-corrected chi connectivity index (χ0v) is 16.0. The summed E-state index contributed by atoms with van der Waals surface area (Å²) in [4.78, 5) is 11.3. The van der Waals surface area contributed by atoms with Crippen LogP contribution in [0.2, 0.25) is 0 Å². The number of likely N-dealkylation sites (N-methyl/N-ethyl adjacent to an activating group) is 1. The van der Waals surface area contributed by atoms with Gasteiger partial charge in [-0.05, 0) is 63.2 Å².